The Morgan fingerprint density at radius 3 is 2.63 bits per heavy atom. The van der Waals surface area contributed by atoms with E-state index >= 15 is 0 Å². The Morgan fingerprint density at radius 1 is 1.26 bits per heavy atom. The van der Waals surface area contributed by atoms with Crippen molar-refractivity contribution in [3.63, 3.8) is 0 Å². The molecule has 0 bridgehead atoms. The molecule has 0 aliphatic carbocycles. The summed E-state index contributed by atoms with van der Waals surface area (Å²) in [5.41, 5.74) is 0.939. The first kappa shape index (κ1) is 14.8. The molecule has 0 spiro atoms. The first-order valence-corrected chi connectivity index (χ1v) is 8.48. The minimum Gasteiger partial charge on any atom is -0.207 e. The lowest BCUT2D eigenvalue weighted by atomic mass is 10.3. The highest BCUT2D eigenvalue weighted by Crippen LogP contribution is 2.31. The van der Waals surface area contributed by atoms with Gasteiger partial charge in [0.05, 0.1) is 10.0 Å². The van der Waals surface area contributed by atoms with Gasteiger partial charge < -0.3 is 0 Å². The van der Waals surface area contributed by atoms with Crippen LogP contribution >= 0.6 is 34.5 Å². The van der Waals surface area contributed by atoms with Crippen LogP contribution in [0.25, 0.3) is 0 Å². The summed E-state index contributed by atoms with van der Waals surface area (Å²) in [4.78, 5) is 0.0272. The first-order valence-electron chi connectivity index (χ1n) is 5.34. The lowest BCUT2D eigenvalue weighted by Crippen LogP contribution is -2.26. The molecule has 19 heavy (non-hydrogen) atoms. The summed E-state index contributed by atoms with van der Waals surface area (Å²) in [6.07, 6.45) is 0. The predicted molar refractivity (Wildman–Crippen MR) is 79.4 cm³/mol. The molecule has 0 aliphatic heterocycles. The Balaban J connectivity index is 2.34. The highest BCUT2D eigenvalue weighted by Gasteiger charge is 2.24. The van der Waals surface area contributed by atoms with E-state index in [-0.39, 0.29) is 14.9 Å². The molecule has 1 aromatic carbocycles. The van der Waals surface area contributed by atoms with Crippen molar-refractivity contribution in [2.24, 2.45) is 0 Å². The van der Waals surface area contributed by atoms with Gasteiger partial charge in [-0.15, -0.1) is 0 Å². The van der Waals surface area contributed by atoms with Gasteiger partial charge in [-0.1, -0.05) is 29.3 Å². The Kier molecular flexibility index (Phi) is 4.53. The van der Waals surface area contributed by atoms with E-state index in [1.54, 1.807) is 12.1 Å². The van der Waals surface area contributed by atoms with Gasteiger partial charge in [0.25, 0.3) is 0 Å². The van der Waals surface area contributed by atoms with Crippen LogP contribution in [0.4, 0.5) is 0 Å². The average molecular weight is 336 g/mol. The van der Waals surface area contributed by atoms with E-state index in [4.69, 9.17) is 23.2 Å². The van der Waals surface area contributed by atoms with E-state index in [0.717, 1.165) is 5.56 Å². The molecular weight excluding hydrogens is 325 g/mol. The van der Waals surface area contributed by atoms with E-state index in [0.29, 0.717) is 6.54 Å². The number of hydrogen-bond acceptors (Lipinski definition) is 3. The maximum atomic E-state index is 12.4. The summed E-state index contributed by atoms with van der Waals surface area (Å²) in [6.45, 7) is 0.300. The van der Waals surface area contributed by atoms with Crippen molar-refractivity contribution in [1.29, 1.82) is 0 Å². The van der Waals surface area contributed by atoms with Crippen LogP contribution in [0, 0.1) is 0 Å². The summed E-state index contributed by atoms with van der Waals surface area (Å²) < 4.78 is 26.1. The Bertz CT molecular complexity index is 669. The molecule has 0 saturated carbocycles. The van der Waals surface area contributed by atoms with Crippen molar-refractivity contribution in [2.45, 2.75) is 11.4 Å². The first-order chi connectivity index (χ1) is 8.93. The van der Waals surface area contributed by atoms with Crippen molar-refractivity contribution < 1.29 is 8.42 Å². The van der Waals surface area contributed by atoms with Crippen molar-refractivity contribution in [3.8, 4) is 0 Å². The fourth-order valence-electron chi connectivity index (χ4n) is 1.58. The fourth-order valence-corrected chi connectivity index (χ4v) is 4.13. The molecule has 1 heterocycles. The number of sulfonamides is 1. The number of nitrogens with zero attached hydrogens (tertiary/aromatic N) is 1. The van der Waals surface area contributed by atoms with Gasteiger partial charge >= 0.3 is 0 Å². The normalized spacial score (nSPS) is 12.0. The third kappa shape index (κ3) is 3.12. The molecule has 0 radical (unpaired) electrons. The van der Waals surface area contributed by atoms with E-state index in [1.165, 1.54) is 28.8 Å². The molecule has 0 amide bonds. The highest BCUT2D eigenvalue weighted by atomic mass is 35.5. The minimum absolute atomic E-state index is 0.0272. The Morgan fingerprint density at radius 2 is 2.00 bits per heavy atom. The van der Waals surface area contributed by atoms with Gasteiger partial charge in [0.1, 0.15) is 4.90 Å². The third-order valence-corrected chi connectivity index (χ3v) is 6.10. The maximum Gasteiger partial charge on any atom is 0.244 e. The van der Waals surface area contributed by atoms with E-state index in [9.17, 15) is 8.42 Å². The third-order valence-electron chi connectivity index (χ3n) is 2.59. The zero-order valence-corrected chi connectivity index (χ0v) is 13.2. The van der Waals surface area contributed by atoms with Crippen LogP contribution in [0.1, 0.15) is 5.56 Å². The van der Waals surface area contributed by atoms with Crippen LogP contribution in [0.2, 0.25) is 10.0 Å². The van der Waals surface area contributed by atoms with Gasteiger partial charge in [0, 0.05) is 13.6 Å². The van der Waals surface area contributed by atoms with Gasteiger partial charge in [-0.3, -0.25) is 0 Å². The lowest BCUT2D eigenvalue weighted by Gasteiger charge is -2.17. The SMILES string of the molecule is CN(Cc1ccsc1)S(=O)(=O)c1cccc(Cl)c1Cl. The number of benzene rings is 1. The molecule has 102 valence electrons. The molecule has 3 nitrogen and oxygen atoms in total. The molecule has 1 aromatic heterocycles. The molecule has 0 N–H and O–H groups in total. The number of halogens is 2. The van der Waals surface area contributed by atoms with Gasteiger partial charge in [0.2, 0.25) is 10.0 Å². The minimum atomic E-state index is -3.65. The molecule has 0 fully saturated rings. The maximum absolute atomic E-state index is 12.4. The number of thiophene rings is 1. The zero-order chi connectivity index (χ0) is 14.0. The molecule has 7 heteroatoms. The van der Waals surface area contributed by atoms with Crippen molar-refractivity contribution >= 4 is 44.6 Å². The van der Waals surface area contributed by atoms with Gasteiger partial charge in [0.15, 0.2) is 0 Å². The second-order valence-corrected chi connectivity index (χ2v) is 7.52. The van der Waals surface area contributed by atoms with Crippen LogP contribution in [0.5, 0.6) is 0 Å². The molecule has 0 atom stereocenters. The second-order valence-electron chi connectivity index (χ2n) is 3.94. The summed E-state index contributed by atoms with van der Waals surface area (Å²) in [6, 6.07) is 6.46. The second kappa shape index (κ2) is 5.81. The number of rotatable bonds is 4. The largest absolute Gasteiger partial charge is 0.244 e. The zero-order valence-electron chi connectivity index (χ0n) is 10.0. The van der Waals surface area contributed by atoms with Crippen molar-refractivity contribution in [1.82, 2.24) is 4.31 Å². The molecule has 2 aromatic rings. The van der Waals surface area contributed by atoms with Gasteiger partial charge in [-0.25, -0.2) is 8.42 Å². The smallest absolute Gasteiger partial charge is 0.207 e. The molecule has 0 saturated heterocycles. The molecular formula is C12H11Cl2NO2S2. The summed E-state index contributed by atoms with van der Waals surface area (Å²) >= 11 is 13.3. The van der Waals surface area contributed by atoms with Crippen LogP contribution in [-0.4, -0.2) is 19.8 Å². The topological polar surface area (TPSA) is 37.4 Å². The quantitative estimate of drug-likeness (QED) is 0.850. The fraction of sp³-hybridized carbons (Fsp3) is 0.167. The molecule has 2 rings (SSSR count). The van der Waals surface area contributed by atoms with Crippen LogP contribution < -0.4 is 0 Å². The van der Waals surface area contributed by atoms with Crippen molar-refractivity contribution in [3.05, 3.63) is 50.6 Å². The lowest BCUT2D eigenvalue weighted by molar-refractivity contribution is 0.467. The Labute approximate surface area is 126 Å². The number of hydrogen-bond donors (Lipinski definition) is 0. The van der Waals surface area contributed by atoms with Crippen LogP contribution in [-0.2, 0) is 16.6 Å². The van der Waals surface area contributed by atoms with Crippen LogP contribution in [0.3, 0.4) is 0 Å². The summed E-state index contributed by atoms with van der Waals surface area (Å²) in [7, 11) is -2.13. The van der Waals surface area contributed by atoms with E-state index in [2.05, 4.69) is 0 Å². The van der Waals surface area contributed by atoms with E-state index in [1.807, 2.05) is 16.8 Å². The predicted octanol–water partition coefficient (Wildman–Crippen LogP) is 3.88. The molecule has 0 aliphatic rings. The van der Waals surface area contributed by atoms with Gasteiger partial charge in [-0.05, 0) is 34.5 Å². The van der Waals surface area contributed by atoms with Gasteiger partial charge in [-0.2, -0.15) is 15.6 Å². The van der Waals surface area contributed by atoms with Crippen molar-refractivity contribution in [2.75, 3.05) is 7.05 Å². The highest BCUT2D eigenvalue weighted by molar-refractivity contribution is 7.89. The summed E-state index contributed by atoms with van der Waals surface area (Å²) in [5.74, 6) is 0. The van der Waals surface area contributed by atoms with Crippen LogP contribution in [0.15, 0.2) is 39.9 Å². The summed E-state index contributed by atoms with van der Waals surface area (Å²) in [5, 5.41) is 4.10. The average Bonchev–Trinajstić information content (AvgIpc) is 2.85. The van der Waals surface area contributed by atoms with E-state index < -0.39 is 10.0 Å². The Hall–Kier alpha value is -0.590. The monoisotopic (exact) mass is 335 g/mol. The standard InChI is InChI=1S/C12H11Cl2NO2S2/c1-15(7-9-5-6-18-8-9)19(16,17)11-4-2-3-10(13)12(11)14/h2-6,8H,7H2,1H3. The molecule has 0 unspecified atom stereocenters.